The molecule has 5 aliphatic heterocycles. The fraction of sp³-hybridized carbons (Fsp3) is 0.364. The van der Waals surface area contributed by atoms with Gasteiger partial charge >= 0.3 is 0 Å². The highest BCUT2D eigenvalue weighted by molar-refractivity contribution is 6.23. The lowest BCUT2D eigenvalue weighted by Crippen LogP contribution is -2.62. The van der Waals surface area contributed by atoms with Gasteiger partial charge < -0.3 is 20.3 Å². The number of carbonyl (C=O) groups excluding carboxylic acids is 5. The summed E-state index contributed by atoms with van der Waals surface area (Å²) in [6.45, 7) is 4.96. The molecular weight excluding hydrogens is 765 g/mol. The number of carbonyl (C=O) groups is 5. The summed E-state index contributed by atoms with van der Waals surface area (Å²) in [5.41, 5.74) is 10.3. The van der Waals surface area contributed by atoms with Crippen LogP contribution >= 0.6 is 0 Å². The van der Waals surface area contributed by atoms with Gasteiger partial charge in [-0.2, -0.15) is 5.10 Å². The van der Waals surface area contributed by atoms with Gasteiger partial charge in [0.15, 0.2) is 5.65 Å². The van der Waals surface area contributed by atoms with Crippen LogP contribution in [0.3, 0.4) is 0 Å². The van der Waals surface area contributed by atoms with Crippen molar-refractivity contribution in [2.24, 2.45) is 5.41 Å². The molecule has 0 bridgehead atoms. The first-order chi connectivity index (χ1) is 29.1. The summed E-state index contributed by atoms with van der Waals surface area (Å²) in [5.74, 6) is -0.0439. The number of nitrogen functional groups attached to an aromatic ring is 1. The maximum absolute atomic E-state index is 13.6. The number of ether oxygens (including phenoxy) is 1. The van der Waals surface area contributed by atoms with Crippen LogP contribution in [-0.4, -0.2) is 116 Å². The summed E-state index contributed by atoms with van der Waals surface area (Å²) in [6, 6.07) is 21.7. The van der Waals surface area contributed by atoms with Gasteiger partial charge in [0, 0.05) is 56.9 Å². The third kappa shape index (κ3) is 6.69. The Hall–Kier alpha value is -6.68. The molecule has 1 unspecified atom stereocenters. The maximum Gasteiger partial charge on any atom is 0.262 e. The summed E-state index contributed by atoms with van der Waals surface area (Å²) < 4.78 is 7.95. The highest BCUT2D eigenvalue weighted by Gasteiger charge is 2.47. The number of anilines is 2. The van der Waals surface area contributed by atoms with Crippen molar-refractivity contribution < 1.29 is 28.7 Å². The van der Waals surface area contributed by atoms with Crippen LogP contribution in [0.15, 0.2) is 79.1 Å². The fourth-order valence-corrected chi connectivity index (χ4v) is 9.63. The molecule has 0 radical (unpaired) electrons. The number of rotatable bonds is 8. The van der Waals surface area contributed by atoms with E-state index in [1.165, 1.54) is 6.33 Å². The smallest absolute Gasteiger partial charge is 0.262 e. The largest absolute Gasteiger partial charge is 0.457 e. The number of hydrogen-bond acceptors (Lipinski definition) is 12. The summed E-state index contributed by atoms with van der Waals surface area (Å²) in [4.78, 5) is 80.5. The maximum atomic E-state index is 13.6. The number of hydrogen-bond donors (Lipinski definition) is 2. The first-order valence-electron chi connectivity index (χ1n) is 20.6. The third-order valence-electron chi connectivity index (χ3n) is 12.9. The lowest BCUT2D eigenvalue weighted by molar-refractivity contribution is -0.138. The number of nitrogens with two attached hydrogens (primary N) is 1. The lowest BCUT2D eigenvalue weighted by Gasteiger charge is -2.54. The van der Waals surface area contributed by atoms with E-state index in [0.29, 0.717) is 47.9 Å². The number of nitrogens with zero attached hydrogens (tertiary/aromatic N) is 8. The molecule has 3 aromatic carbocycles. The van der Waals surface area contributed by atoms with Gasteiger partial charge in [-0.25, -0.2) is 14.6 Å². The van der Waals surface area contributed by atoms with Gasteiger partial charge in [0.05, 0.1) is 29.1 Å². The van der Waals surface area contributed by atoms with E-state index in [4.69, 9.17) is 15.6 Å². The van der Waals surface area contributed by atoms with Crippen molar-refractivity contribution in [1.82, 2.24) is 39.8 Å². The van der Waals surface area contributed by atoms with Crippen LogP contribution in [0, 0.1) is 5.41 Å². The average Bonchev–Trinajstić information content (AvgIpc) is 3.76. The Kier molecular flexibility index (Phi) is 9.30. The van der Waals surface area contributed by atoms with E-state index in [9.17, 15) is 24.0 Å². The standard InChI is InChI=1S/C44H44N10O6/c45-39-37-38(27-6-9-31(10-7-27)60-30-4-2-1-3-5-30)49-54(40(37)47-26-46-39)28-14-18-52(19-15-28)36(56)23-50-24-44(25-50)16-20-51(21-17-44)29-8-11-32-33(22-29)43(59)53(42(32)58)34-12-13-35(55)48-41(34)57/h1-11,22,26,28,34H,12-21,23-25H2,(H2,45,46,47)(H,48,55,57). The number of amides is 5. The van der Waals surface area contributed by atoms with E-state index in [1.54, 1.807) is 12.1 Å². The minimum Gasteiger partial charge on any atom is -0.457 e. The second-order valence-corrected chi connectivity index (χ2v) is 16.6. The van der Waals surface area contributed by atoms with Gasteiger partial charge in [-0.15, -0.1) is 0 Å². The number of aromatic nitrogens is 4. The second-order valence-electron chi connectivity index (χ2n) is 16.6. The zero-order valence-corrected chi connectivity index (χ0v) is 33.0. The summed E-state index contributed by atoms with van der Waals surface area (Å²) >= 11 is 0. The van der Waals surface area contributed by atoms with E-state index in [2.05, 4.69) is 25.1 Å². The van der Waals surface area contributed by atoms with Crippen LogP contribution in [0.5, 0.6) is 11.5 Å². The Labute approximate surface area is 345 Å². The molecule has 5 aliphatic rings. The van der Waals surface area contributed by atoms with Gasteiger partial charge in [-0.1, -0.05) is 18.2 Å². The molecule has 306 valence electrons. The van der Waals surface area contributed by atoms with Gasteiger partial charge in [-0.05, 0) is 92.1 Å². The van der Waals surface area contributed by atoms with Gasteiger partial charge in [0.1, 0.15) is 35.4 Å². The first-order valence-corrected chi connectivity index (χ1v) is 20.6. The van der Waals surface area contributed by atoms with Crippen molar-refractivity contribution in [3.63, 3.8) is 0 Å². The fourth-order valence-electron chi connectivity index (χ4n) is 9.63. The molecule has 3 N–H and O–H groups in total. The van der Waals surface area contributed by atoms with Crippen molar-refractivity contribution >= 4 is 52.1 Å². The highest BCUT2D eigenvalue weighted by Crippen LogP contribution is 2.42. The van der Waals surface area contributed by atoms with E-state index in [0.717, 1.165) is 73.8 Å². The molecule has 4 saturated heterocycles. The molecule has 4 fully saturated rings. The van der Waals surface area contributed by atoms with Crippen LogP contribution in [0.2, 0.25) is 0 Å². The number of nitrogens with one attached hydrogen (secondary N) is 1. The Morgan fingerprint density at radius 3 is 2.28 bits per heavy atom. The number of fused-ring (bicyclic) bond motifs is 2. The molecule has 0 saturated carbocycles. The Bertz CT molecular complexity index is 2540. The molecule has 16 nitrogen and oxygen atoms in total. The van der Waals surface area contributed by atoms with E-state index in [-0.39, 0.29) is 41.3 Å². The molecule has 1 atom stereocenters. The highest BCUT2D eigenvalue weighted by atomic mass is 16.5. The van der Waals surface area contributed by atoms with Crippen molar-refractivity contribution in [2.75, 3.05) is 56.4 Å². The zero-order chi connectivity index (χ0) is 41.1. The quantitative estimate of drug-likeness (QED) is 0.215. The molecule has 0 aliphatic carbocycles. The van der Waals surface area contributed by atoms with Crippen molar-refractivity contribution in [3.05, 3.63) is 90.3 Å². The number of para-hydroxylation sites is 1. The van der Waals surface area contributed by atoms with Gasteiger partial charge in [0.2, 0.25) is 17.7 Å². The van der Waals surface area contributed by atoms with E-state index in [1.807, 2.05) is 70.2 Å². The Morgan fingerprint density at radius 1 is 0.833 bits per heavy atom. The number of imide groups is 2. The van der Waals surface area contributed by atoms with E-state index >= 15 is 0 Å². The van der Waals surface area contributed by atoms with Gasteiger partial charge in [-0.3, -0.25) is 39.1 Å². The van der Waals surface area contributed by atoms with Crippen LogP contribution in [-0.2, 0) is 14.4 Å². The molecular formula is C44H44N10O6. The Morgan fingerprint density at radius 2 is 1.55 bits per heavy atom. The molecule has 5 aromatic rings. The van der Waals surface area contributed by atoms with Crippen LogP contribution in [0.4, 0.5) is 11.5 Å². The predicted octanol–water partition coefficient (Wildman–Crippen LogP) is 4.03. The minimum atomic E-state index is -0.988. The molecule has 5 amide bonds. The first kappa shape index (κ1) is 37.6. The van der Waals surface area contributed by atoms with Crippen molar-refractivity contribution in [2.45, 2.75) is 50.6 Å². The summed E-state index contributed by atoms with van der Waals surface area (Å²) in [6.07, 6.45) is 5.07. The molecule has 60 heavy (non-hydrogen) atoms. The number of likely N-dealkylation sites (tertiary alicyclic amines) is 2. The molecule has 10 rings (SSSR count). The lowest BCUT2D eigenvalue weighted by atomic mass is 9.72. The Balaban J connectivity index is 0.722. The second kappa shape index (κ2) is 14.9. The average molecular weight is 809 g/mol. The summed E-state index contributed by atoms with van der Waals surface area (Å²) in [5, 5.41) is 7.99. The predicted molar refractivity (Wildman–Crippen MR) is 220 cm³/mol. The zero-order valence-electron chi connectivity index (χ0n) is 33.0. The SMILES string of the molecule is Nc1ncnc2c1c(-c1ccc(Oc3ccccc3)cc1)nn2C1CCN(C(=O)CN2CC3(CCN(c4ccc5c(c4)C(=O)N(C4CCC(=O)NC4=O)C5=O)CC3)C2)CC1. The van der Waals surface area contributed by atoms with Crippen molar-refractivity contribution in [3.8, 4) is 22.8 Å². The van der Waals surface area contributed by atoms with Crippen LogP contribution < -0.4 is 20.7 Å². The molecule has 16 heteroatoms. The molecule has 7 heterocycles. The van der Waals surface area contributed by atoms with Crippen LogP contribution in [0.25, 0.3) is 22.3 Å². The monoisotopic (exact) mass is 808 g/mol. The number of benzene rings is 3. The normalized spacial score (nSPS) is 20.7. The van der Waals surface area contributed by atoms with Crippen LogP contribution in [0.1, 0.15) is 65.3 Å². The number of piperidine rings is 3. The molecule has 1 spiro atoms. The minimum absolute atomic E-state index is 0.0475. The van der Waals surface area contributed by atoms with Gasteiger partial charge in [0.25, 0.3) is 11.8 Å². The topological polar surface area (TPSA) is 189 Å². The molecule has 2 aromatic heterocycles. The third-order valence-corrected chi connectivity index (χ3v) is 12.9. The van der Waals surface area contributed by atoms with Crippen molar-refractivity contribution in [1.29, 1.82) is 0 Å². The summed E-state index contributed by atoms with van der Waals surface area (Å²) in [7, 11) is 0. The van der Waals surface area contributed by atoms with E-state index < -0.39 is 29.7 Å².